The van der Waals surface area contributed by atoms with Crippen LogP contribution in [0.2, 0.25) is 0 Å². The molecule has 1 saturated heterocycles. The summed E-state index contributed by atoms with van der Waals surface area (Å²) in [7, 11) is 1.92. The lowest BCUT2D eigenvalue weighted by atomic mass is 9.58. The van der Waals surface area contributed by atoms with Gasteiger partial charge in [-0.3, -0.25) is 4.79 Å². The minimum absolute atomic E-state index is 0.224. The fourth-order valence-electron chi connectivity index (χ4n) is 3.60. The van der Waals surface area contributed by atoms with Gasteiger partial charge < -0.3 is 10.2 Å². The molecule has 1 aliphatic heterocycles. The van der Waals surface area contributed by atoms with E-state index in [0.29, 0.717) is 11.3 Å². The Balaban J connectivity index is 1.72. The number of hydrogen-bond donors (Lipinski definition) is 1. The molecule has 3 rings (SSSR count). The maximum atomic E-state index is 12.6. The summed E-state index contributed by atoms with van der Waals surface area (Å²) in [6.07, 6.45) is 2.13. The Labute approximate surface area is 121 Å². The zero-order valence-corrected chi connectivity index (χ0v) is 12.6. The SMILES string of the molecule is CC(C)c1ccccc1N(C)C(=O)C1CC2(CNC2)C1. The quantitative estimate of drug-likeness (QED) is 0.917. The molecule has 0 aromatic heterocycles. The van der Waals surface area contributed by atoms with Crippen molar-refractivity contribution >= 4 is 11.6 Å². The van der Waals surface area contributed by atoms with Crippen LogP contribution in [0.4, 0.5) is 5.69 Å². The van der Waals surface area contributed by atoms with Crippen molar-refractivity contribution in [3.05, 3.63) is 29.8 Å². The summed E-state index contributed by atoms with van der Waals surface area (Å²) in [5.74, 6) is 0.947. The average molecular weight is 272 g/mol. The summed E-state index contributed by atoms with van der Waals surface area (Å²) in [6, 6.07) is 8.26. The second-order valence-electron chi connectivity index (χ2n) is 6.82. The molecule has 2 fully saturated rings. The van der Waals surface area contributed by atoms with Crippen LogP contribution in [0.1, 0.15) is 38.2 Å². The van der Waals surface area contributed by atoms with Crippen LogP contribution < -0.4 is 10.2 Å². The number of carbonyl (C=O) groups is 1. The molecule has 1 aromatic rings. The number of rotatable bonds is 3. The first-order valence-corrected chi connectivity index (χ1v) is 7.60. The van der Waals surface area contributed by atoms with Crippen LogP contribution >= 0.6 is 0 Å². The van der Waals surface area contributed by atoms with Crippen LogP contribution in [0.3, 0.4) is 0 Å². The topological polar surface area (TPSA) is 32.3 Å². The van der Waals surface area contributed by atoms with Crippen LogP contribution in [0, 0.1) is 11.3 Å². The summed E-state index contributed by atoms with van der Waals surface area (Å²) >= 11 is 0. The summed E-state index contributed by atoms with van der Waals surface area (Å²) < 4.78 is 0. The fourth-order valence-corrected chi connectivity index (χ4v) is 3.60. The molecule has 20 heavy (non-hydrogen) atoms. The van der Waals surface area contributed by atoms with Crippen molar-refractivity contribution in [1.82, 2.24) is 5.32 Å². The standard InChI is InChI=1S/C17H24N2O/c1-12(2)14-6-4-5-7-15(14)19(3)16(20)13-8-17(9-13)10-18-11-17/h4-7,12-13,18H,8-11H2,1-3H3. The Hall–Kier alpha value is -1.35. The minimum atomic E-state index is 0.224. The van der Waals surface area contributed by atoms with Crippen molar-refractivity contribution < 1.29 is 4.79 Å². The predicted octanol–water partition coefficient (Wildman–Crippen LogP) is 2.77. The van der Waals surface area contributed by atoms with Crippen molar-refractivity contribution in [2.75, 3.05) is 25.0 Å². The molecule has 0 bridgehead atoms. The first-order valence-electron chi connectivity index (χ1n) is 7.60. The monoisotopic (exact) mass is 272 g/mol. The Morgan fingerprint density at radius 1 is 1.30 bits per heavy atom. The molecule has 1 spiro atoms. The van der Waals surface area contributed by atoms with Crippen molar-refractivity contribution in [2.45, 2.75) is 32.6 Å². The van der Waals surface area contributed by atoms with Crippen molar-refractivity contribution in [1.29, 1.82) is 0 Å². The Morgan fingerprint density at radius 3 is 2.50 bits per heavy atom. The first-order chi connectivity index (χ1) is 9.52. The number of benzene rings is 1. The van der Waals surface area contributed by atoms with Gasteiger partial charge in [0.05, 0.1) is 0 Å². The van der Waals surface area contributed by atoms with E-state index in [9.17, 15) is 4.79 Å². The zero-order chi connectivity index (χ0) is 14.3. The van der Waals surface area contributed by atoms with Gasteiger partial charge in [-0.05, 0) is 35.8 Å². The lowest BCUT2D eigenvalue weighted by Crippen LogP contribution is -2.62. The van der Waals surface area contributed by atoms with E-state index < -0.39 is 0 Å². The molecular weight excluding hydrogens is 248 g/mol. The normalized spacial score (nSPS) is 20.6. The highest BCUT2D eigenvalue weighted by atomic mass is 16.2. The molecule has 0 atom stereocenters. The molecule has 3 nitrogen and oxygen atoms in total. The maximum absolute atomic E-state index is 12.6. The van der Waals surface area contributed by atoms with Crippen LogP contribution in [0.5, 0.6) is 0 Å². The highest BCUT2D eigenvalue weighted by Gasteiger charge is 2.51. The van der Waals surface area contributed by atoms with E-state index in [-0.39, 0.29) is 11.8 Å². The minimum Gasteiger partial charge on any atom is -0.316 e. The lowest BCUT2D eigenvalue weighted by molar-refractivity contribution is -0.131. The molecule has 0 radical (unpaired) electrons. The van der Waals surface area contributed by atoms with E-state index in [1.54, 1.807) is 0 Å². The van der Waals surface area contributed by atoms with Gasteiger partial charge in [0.2, 0.25) is 5.91 Å². The third kappa shape index (κ3) is 2.14. The average Bonchev–Trinajstić information content (AvgIpc) is 2.34. The Morgan fingerprint density at radius 2 is 1.95 bits per heavy atom. The molecule has 108 valence electrons. The smallest absolute Gasteiger partial charge is 0.229 e. The molecule has 3 heteroatoms. The predicted molar refractivity (Wildman–Crippen MR) is 82.0 cm³/mol. The first kappa shape index (κ1) is 13.6. The zero-order valence-electron chi connectivity index (χ0n) is 12.6. The van der Waals surface area contributed by atoms with Crippen molar-refractivity contribution in [3.8, 4) is 0 Å². The van der Waals surface area contributed by atoms with E-state index in [4.69, 9.17) is 0 Å². The third-order valence-electron chi connectivity index (χ3n) is 4.96. The van der Waals surface area contributed by atoms with Gasteiger partial charge in [0.25, 0.3) is 0 Å². The van der Waals surface area contributed by atoms with Gasteiger partial charge >= 0.3 is 0 Å². The van der Waals surface area contributed by atoms with Crippen LogP contribution in [0.15, 0.2) is 24.3 Å². The van der Waals surface area contributed by atoms with Gasteiger partial charge in [-0.2, -0.15) is 0 Å². The molecule has 1 saturated carbocycles. The van der Waals surface area contributed by atoms with E-state index in [1.165, 1.54) is 5.56 Å². The Bertz CT molecular complexity index is 511. The molecule has 1 aliphatic carbocycles. The molecular formula is C17H24N2O. The number of para-hydroxylation sites is 1. The van der Waals surface area contributed by atoms with Gasteiger partial charge in [0.1, 0.15) is 0 Å². The molecule has 1 aromatic carbocycles. The third-order valence-corrected chi connectivity index (χ3v) is 4.96. The fraction of sp³-hybridized carbons (Fsp3) is 0.588. The molecule has 1 heterocycles. The number of hydrogen-bond acceptors (Lipinski definition) is 2. The number of carbonyl (C=O) groups excluding carboxylic acids is 1. The summed E-state index contributed by atoms with van der Waals surface area (Å²) in [4.78, 5) is 14.5. The van der Waals surface area contributed by atoms with Crippen LogP contribution in [-0.2, 0) is 4.79 Å². The maximum Gasteiger partial charge on any atom is 0.229 e. The van der Waals surface area contributed by atoms with Crippen molar-refractivity contribution in [3.63, 3.8) is 0 Å². The largest absolute Gasteiger partial charge is 0.316 e. The van der Waals surface area contributed by atoms with Crippen molar-refractivity contribution in [2.24, 2.45) is 11.3 Å². The second-order valence-corrected chi connectivity index (χ2v) is 6.82. The van der Waals surface area contributed by atoms with Gasteiger partial charge in [-0.25, -0.2) is 0 Å². The van der Waals surface area contributed by atoms with Gasteiger partial charge in [0, 0.05) is 31.7 Å². The summed E-state index contributed by atoms with van der Waals surface area (Å²) in [5, 5.41) is 3.32. The van der Waals surface area contributed by atoms with E-state index >= 15 is 0 Å². The number of nitrogens with one attached hydrogen (secondary N) is 1. The number of anilines is 1. The van der Waals surface area contributed by atoms with E-state index in [2.05, 4.69) is 37.4 Å². The van der Waals surface area contributed by atoms with E-state index in [1.807, 2.05) is 18.0 Å². The number of nitrogens with zero attached hydrogens (tertiary/aromatic N) is 1. The van der Waals surface area contributed by atoms with Gasteiger partial charge in [0.15, 0.2) is 0 Å². The van der Waals surface area contributed by atoms with Crippen LogP contribution in [-0.4, -0.2) is 26.0 Å². The second kappa shape index (κ2) is 4.88. The molecule has 1 N–H and O–H groups in total. The lowest BCUT2D eigenvalue weighted by Gasteiger charge is -2.54. The van der Waals surface area contributed by atoms with E-state index in [0.717, 1.165) is 31.6 Å². The highest BCUT2D eigenvalue weighted by molar-refractivity contribution is 5.96. The number of amides is 1. The molecule has 1 amide bonds. The van der Waals surface area contributed by atoms with Gasteiger partial charge in [-0.1, -0.05) is 32.0 Å². The summed E-state index contributed by atoms with van der Waals surface area (Å²) in [5.41, 5.74) is 2.78. The van der Waals surface area contributed by atoms with Crippen LogP contribution in [0.25, 0.3) is 0 Å². The molecule has 0 unspecified atom stereocenters. The summed E-state index contributed by atoms with van der Waals surface area (Å²) in [6.45, 7) is 6.55. The Kier molecular flexibility index (Phi) is 3.33. The van der Waals surface area contributed by atoms with Gasteiger partial charge in [-0.15, -0.1) is 0 Å². The molecule has 2 aliphatic rings. The highest BCUT2D eigenvalue weighted by Crippen LogP contribution is 2.49.